The molecule has 18 heavy (non-hydrogen) atoms. The molecule has 0 aliphatic heterocycles. The Hall–Kier alpha value is -2.36. The van der Waals surface area contributed by atoms with Crippen LogP contribution in [0.15, 0.2) is 55.4 Å². The maximum absolute atomic E-state index is 11.7. The smallest absolute Gasteiger partial charge is 0.254 e. The second kappa shape index (κ2) is 5.82. The molecule has 0 aliphatic carbocycles. The number of aromatic nitrogens is 2. The molecule has 0 atom stereocenters. The van der Waals surface area contributed by atoms with Crippen molar-refractivity contribution >= 4 is 5.91 Å². The van der Waals surface area contributed by atoms with E-state index in [-0.39, 0.29) is 5.91 Å². The van der Waals surface area contributed by atoms with Gasteiger partial charge in [0.05, 0.1) is 18.3 Å². The van der Waals surface area contributed by atoms with E-state index in [2.05, 4.69) is 17.0 Å². The number of rotatable bonds is 5. The average Bonchev–Trinajstić information content (AvgIpc) is 2.86. The van der Waals surface area contributed by atoms with Crippen molar-refractivity contribution in [3.8, 4) is 0 Å². The zero-order valence-electron chi connectivity index (χ0n) is 10.0. The largest absolute Gasteiger partial charge is 0.348 e. The molecule has 0 saturated heterocycles. The predicted octanol–water partition coefficient (Wildman–Crippen LogP) is 1.85. The van der Waals surface area contributed by atoms with E-state index in [1.807, 2.05) is 30.3 Å². The molecule has 0 unspecified atom stereocenters. The van der Waals surface area contributed by atoms with Gasteiger partial charge in [0.1, 0.15) is 0 Å². The van der Waals surface area contributed by atoms with Gasteiger partial charge in [-0.3, -0.25) is 9.48 Å². The first-order valence-corrected chi connectivity index (χ1v) is 5.75. The van der Waals surface area contributed by atoms with Gasteiger partial charge in [0.25, 0.3) is 5.91 Å². The second-order valence-electron chi connectivity index (χ2n) is 3.91. The van der Waals surface area contributed by atoms with Gasteiger partial charge in [-0.15, -0.1) is 6.58 Å². The first kappa shape index (κ1) is 12.1. The summed E-state index contributed by atoms with van der Waals surface area (Å²) in [4.78, 5) is 11.7. The van der Waals surface area contributed by atoms with E-state index in [0.717, 1.165) is 5.56 Å². The Bertz CT molecular complexity index is 531. The summed E-state index contributed by atoms with van der Waals surface area (Å²) in [6, 6.07) is 9.99. The molecule has 0 radical (unpaired) electrons. The fraction of sp³-hybridized carbons (Fsp3) is 0.143. The average molecular weight is 241 g/mol. The van der Waals surface area contributed by atoms with E-state index in [1.54, 1.807) is 23.2 Å². The van der Waals surface area contributed by atoms with Crippen molar-refractivity contribution in [2.75, 3.05) is 6.54 Å². The number of nitrogens with zero attached hydrogens (tertiary/aromatic N) is 2. The van der Waals surface area contributed by atoms with Crippen LogP contribution in [0.25, 0.3) is 0 Å². The molecule has 0 bridgehead atoms. The standard InChI is InChI=1S/C14H15N3O/c1-2-8-15-14(18)13-9-16-17(11-13)10-12-6-4-3-5-7-12/h2-7,9,11H,1,8,10H2,(H,15,18). The molecule has 0 spiro atoms. The van der Waals surface area contributed by atoms with Crippen molar-refractivity contribution in [1.29, 1.82) is 0 Å². The lowest BCUT2D eigenvalue weighted by Crippen LogP contribution is -2.22. The van der Waals surface area contributed by atoms with Gasteiger partial charge in [-0.2, -0.15) is 5.10 Å². The van der Waals surface area contributed by atoms with Crippen LogP contribution >= 0.6 is 0 Å². The number of amides is 1. The molecule has 1 amide bonds. The van der Waals surface area contributed by atoms with Crippen molar-refractivity contribution in [2.45, 2.75) is 6.54 Å². The monoisotopic (exact) mass is 241 g/mol. The fourth-order valence-corrected chi connectivity index (χ4v) is 1.60. The summed E-state index contributed by atoms with van der Waals surface area (Å²) in [6.45, 7) is 4.68. The lowest BCUT2D eigenvalue weighted by molar-refractivity contribution is 0.0958. The van der Waals surface area contributed by atoms with E-state index >= 15 is 0 Å². The van der Waals surface area contributed by atoms with Crippen molar-refractivity contribution in [2.24, 2.45) is 0 Å². The molecule has 4 nitrogen and oxygen atoms in total. The highest BCUT2D eigenvalue weighted by Crippen LogP contribution is 2.03. The lowest BCUT2D eigenvalue weighted by Gasteiger charge is -2.01. The molecule has 1 aromatic carbocycles. The maximum atomic E-state index is 11.7. The molecule has 0 aliphatic rings. The summed E-state index contributed by atoms with van der Waals surface area (Å²) in [6.07, 6.45) is 4.96. The highest BCUT2D eigenvalue weighted by Gasteiger charge is 2.07. The number of nitrogens with one attached hydrogen (secondary N) is 1. The minimum Gasteiger partial charge on any atom is -0.348 e. The van der Waals surface area contributed by atoms with Crippen LogP contribution in [-0.4, -0.2) is 22.2 Å². The molecule has 4 heteroatoms. The van der Waals surface area contributed by atoms with Gasteiger partial charge in [0.15, 0.2) is 0 Å². The summed E-state index contributed by atoms with van der Waals surface area (Å²) >= 11 is 0. The molecule has 1 N–H and O–H groups in total. The third-order valence-corrected chi connectivity index (χ3v) is 2.49. The Balaban J connectivity index is 2.02. The fourth-order valence-electron chi connectivity index (χ4n) is 1.60. The third-order valence-electron chi connectivity index (χ3n) is 2.49. The zero-order valence-corrected chi connectivity index (χ0v) is 10.0. The Morgan fingerprint density at radius 3 is 2.89 bits per heavy atom. The predicted molar refractivity (Wildman–Crippen MR) is 70.3 cm³/mol. The van der Waals surface area contributed by atoms with Crippen LogP contribution in [0, 0.1) is 0 Å². The highest BCUT2D eigenvalue weighted by atomic mass is 16.1. The number of hydrogen-bond donors (Lipinski definition) is 1. The van der Waals surface area contributed by atoms with Crippen LogP contribution in [0.2, 0.25) is 0 Å². The summed E-state index contributed by atoms with van der Waals surface area (Å²) in [5.74, 6) is -0.130. The molecule has 0 fully saturated rings. The Kier molecular flexibility index (Phi) is 3.91. The number of carbonyl (C=O) groups excluding carboxylic acids is 1. The second-order valence-corrected chi connectivity index (χ2v) is 3.91. The van der Waals surface area contributed by atoms with Crippen LogP contribution in [0.1, 0.15) is 15.9 Å². The van der Waals surface area contributed by atoms with Gasteiger partial charge < -0.3 is 5.32 Å². The van der Waals surface area contributed by atoms with Crippen molar-refractivity contribution in [1.82, 2.24) is 15.1 Å². The summed E-state index contributed by atoms with van der Waals surface area (Å²) in [7, 11) is 0. The maximum Gasteiger partial charge on any atom is 0.254 e. The van der Waals surface area contributed by atoms with E-state index in [1.165, 1.54) is 0 Å². The first-order chi connectivity index (χ1) is 8.79. The van der Waals surface area contributed by atoms with Gasteiger partial charge in [-0.05, 0) is 5.56 Å². The Morgan fingerprint density at radius 1 is 1.39 bits per heavy atom. The third kappa shape index (κ3) is 3.07. The van der Waals surface area contributed by atoms with Crippen LogP contribution in [0.4, 0.5) is 0 Å². The minimum absolute atomic E-state index is 0.130. The molecular formula is C14H15N3O. The molecule has 92 valence electrons. The normalized spacial score (nSPS) is 10.0. The van der Waals surface area contributed by atoms with Gasteiger partial charge >= 0.3 is 0 Å². The molecule has 1 heterocycles. The molecule has 2 aromatic rings. The van der Waals surface area contributed by atoms with E-state index in [9.17, 15) is 4.79 Å². The highest BCUT2D eigenvalue weighted by molar-refractivity contribution is 5.93. The Labute approximate surface area is 106 Å². The van der Waals surface area contributed by atoms with Crippen LogP contribution in [-0.2, 0) is 6.54 Å². The van der Waals surface area contributed by atoms with Crippen LogP contribution in [0.3, 0.4) is 0 Å². The zero-order chi connectivity index (χ0) is 12.8. The van der Waals surface area contributed by atoms with E-state index in [0.29, 0.717) is 18.7 Å². The van der Waals surface area contributed by atoms with Gasteiger partial charge in [0.2, 0.25) is 0 Å². The van der Waals surface area contributed by atoms with Crippen LogP contribution < -0.4 is 5.32 Å². The summed E-state index contributed by atoms with van der Waals surface area (Å²) in [5.41, 5.74) is 1.71. The molecule has 1 aromatic heterocycles. The first-order valence-electron chi connectivity index (χ1n) is 5.75. The van der Waals surface area contributed by atoms with Crippen molar-refractivity contribution in [3.63, 3.8) is 0 Å². The summed E-state index contributed by atoms with van der Waals surface area (Å²) < 4.78 is 1.75. The van der Waals surface area contributed by atoms with Gasteiger partial charge in [0, 0.05) is 12.7 Å². The van der Waals surface area contributed by atoms with Crippen LogP contribution in [0.5, 0.6) is 0 Å². The number of benzene rings is 1. The summed E-state index contributed by atoms with van der Waals surface area (Å²) in [5, 5.41) is 6.89. The van der Waals surface area contributed by atoms with E-state index in [4.69, 9.17) is 0 Å². The molecule has 0 saturated carbocycles. The molecular weight excluding hydrogens is 226 g/mol. The Morgan fingerprint density at radius 2 is 2.17 bits per heavy atom. The topological polar surface area (TPSA) is 46.9 Å². The van der Waals surface area contributed by atoms with Gasteiger partial charge in [-0.1, -0.05) is 36.4 Å². The quantitative estimate of drug-likeness (QED) is 0.812. The number of carbonyl (C=O) groups is 1. The lowest BCUT2D eigenvalue weighted by atomic mass is 10.2. The molecule has 2 rings (SSSR count). The van der Waals surface area contributed by atoms with Gasteiger partial charge in [-0.25, -0.2) is 0 Å². The number of hydrogen-bond acceptors (Lipinski definition) is 2. The van der Waals surface area contributed by atoms with E-state index < -0.39 is 0 Å². The minimum atomic E-state index is -0.130. The van der Waals surface area contributed by atoms with Crippen molar-refractivity contribution < 1.29 is 4.79 Å². The SMILES string of the molecule is C=CCNC(=O)c1cnn(Cc2ccccc2)c1. The van der Waals surface area contributed by atoms with Crippen molar-refractivity contribution in [3.05, 3.63) is 66.5 Å².